The maximum Gasteiger partial charge on any atom is 0.191 e. The van der Waals surface area contributed by atoms with Gasteiger partial charge in [0, 0.05) is 38.5 Å². The number of nitrogens with zero attached hydrogens (tertiary/aromatic N) is 1. The molecule has 1 aromatic rings. The zero-order chi connectivity index (χ0) is 20.0. The quantitative estimate of drug-likeness (QED) is 0.169. The summed E-state index contributed by atoms with van der Waals surface area (Å²) in [6.07, 6.45) is 3.66. The maximum absolute atomic E-state index is 5.91. The first-order valence-corrected chi connectivity index (χ1v) is 10.6. The second-order valence-electron chi connectivity index (χ2n) is 7.15. The minimum atomic E-state index is 0. The lowest BCUT2D eigenvalue weighted by Gasteiger charge is -2.14. The highest BCUT2D eigenvalue weighted by molar-refractivity contribution is 14.0. The first-order chi connectivity index (χ1) is 13.7. The maximum atomic E-state index is 5.91. The average Bonchev–Trinajstić information content (AvgIpc) is 3.51. The molecule has 0 radical (unpaired) electrons. The molecule has 1 aliphatic rings. The van der Waals surface area contributed by atoms with Crippen molar-refractivity contribution in [3.8, 4) is 5.75 Å². The molecule has 0 heterocycles. The van der Waals surface area contributed by atoms with Gasteiger partial charge in [0.2, 0.25) is 0 Å². The Morgan fingerprint density at radius 3 is 2.66 bits per heavy atom. The summed E-state index contributed by atoms with van der Waals surface area (Å²) in [5.74, 6) is 2.53. The molecule has 1 saturated carbocycles. The van der Waals surface area contributed by atoms with Crippen molar-refractivity contribution in [1.82, 2.24) is 10.6 Å². The predicted octanol–water partition coefficient (Wildman–Crippen LogP) is 3.90. The van der Waals surface area contributed by atoms with E-state index in [1.165, 1.54) is 18.4 Å². The van der Waals surface area contributed by atoms with Gasteiger partial charge in [-0.25, -0.2) is 4.99 Å². The van der Waals surface area contributed by atoms with E-state index in [0.29, 0.717) is 26.4 Å². The van der Waals surface area contributed by atoms with Crippen LogP contribution < -0.4 is 15.4 Å². The molecule has 1 aliphatic carbocycles. The van der Waals surface area contributed by atoms with Crippen LogP contribution in [0.4, 0.5) is 0 Å². The van der Waals surface area contributed by atoms with E-state index in [2.05, 4.69) is 42.7 Å². The fourth-order valence-corrected chi connectivity index (χ4v) is 2.70. The van der Waals surface area contributed by atoms with Gasteiger partial charge in [0.05, 0.1) is 13.2 Å². The molecule has 6 nitrogen and oxygen atoms in total. The van der Waals surface area contributed by atoms with Crippen molar-refractivity contribution in [3.05, 3.63) is 29.3 Å². The van der Waals surface area contributed by atoms with Crippen molar-refractivity contribution in [1.29, 1.82) is 0 Å². The van der Waals surface area contributed by atoms with Gasteiger partial charge in [-0.2, -0.15) is 0 Å². The number of hydrogen-bond acceptors (Lipinski definition) is 4. The Hall–Kier alpha value is -1.06. The van der Waals surface area contributed by atoms with E-state index in [9.17, 15) is 0 Å². The lowest BCUT2D eigenvalue weighted by Crippen LogP contribution is -2.38. The van der Waals surface area contributed by atoms with Gasteiger partial charge in [0.15, 0.2) is 5.96 Å². The molecule has 0 aromatic heterocycles. The minimum Gasteiger partial charge on any atom is -0.491 e. The van der Waals surface area contributed by atoms with Crippen molar-refractivity contribution in [3.63, 3.8) is 0 Å². The third kappa shape index (κ3) is 11.6. The molecule has 1 fully saturated rings. The Morgan fingerprint density at radius 1 is 1.10 bits per heavy atom. The molecule has 0 unspecified atom stereocenters. The van der Waals surface area contributed by atoms with Gasteiger partial charge < -0.3 is 24.8 Å². The summed E-state index contributed by atoms with van der Waals surface area (Å²) in [7, 11) is 0. The number of aryl methyl sites for hydroxylation is 1. The molecule has 0 amide bonds. The average molecular weight is 519 g/mol. The Bertz CT molecular complexity index is 595. The zero-order valence-corrected chi connectivity index (χ0v) is 20.5. The Morgan fingerprint density at radius 2 is 1.93 bits per heavy atom. The minimum absolute atomic E-state index is 0. The normalized spacial score (nSPS) is 13.7. The van der Waals surface area contributed by atoms with E-state index < -0.39 is 0 Å². The van der Waals surface area contributed by atoms with Crippen LogP contribution in [0, 0.1) is 12.8 Å². The number of hydrogen-bond donors (Lipinski definition) is 2. The summed E-state index contributed by atoms with van der Waals surface area (Å²) in [6, 6.07) is 6.25. The van der Waals surface area contributed by atoms with Crippen LogP contribution in [0.15, 0.2) is 23.2 Å². The summed E-state index contributed by atoms with van der Waals surface area (Å²) in [4.78, 5) is 4.72. The van der Waals surface area contributed by atoms with Crippen LogP contribution in [0.3, 0.4) is 0 Å². The first kappa shape index (κ1) is 26.0. The monoisotopic (exact) mass is 519 g/mol. The third-order valence-corrected chi connectivity index (χ3v) is 4.47. The molecule has 0 spiro atoms. The predicted molar refractivity (Wildman–Crippen MR) is 130 cm³/mol. The van der Waals surface area contributed by atoms with Crippen LogP contribution in [-0.4, -0.2) is 52.1 Å². The highest BCUT2D eigenvalue weighted by Crippen LogP contribution is 2.28. The molecular formula is C22H38IN3O3. The molecule has 0 aliphatic heterocycles. The number of rotatable bonds is 14. The van der Waals surface area contributed by atoms with Crippen LogP contribution in [0.2, 0.25) is 0 Å². The van der Waals surface area contributed by atoms with E-state index in [4.69, 9.17) is 19.2 Å². The van der Waals surface area contributed by atoms with Gasteiger partial charge in [-0.1, -0.05) is 12.1 Å². The van der Waals surface area contributed by atoms with E-state index in [1.54, 1.807) is 0 Å². The SMILES string of the molecule is CCNC(=NCc1ccc(C)cc1OCCOCC)NCCCOCC1CC1.I. The van der Waals surface area contributed by atoms with Crippen LogP contribution in [-0.2, 0) is 16.0 Å². The number of ether oxygens (including phenoxy) is 3. The number of aliphatic imine (C=N–C) groups is 1. The second kappa shape index (κ2) is 15.7. The number of guanidine groups is 1. The molecule has 0 atom stereocenters. The summed E-state index contributed by atoms with van der Waals surface area (Å²) in [5, 5.41) is 6.68. The van der Waals surface area contributed by atoms with Crippen molar-refractivity contribution in [2.75, 3.05) is 46.1 Å². The largest absolute Gasteiger partial charge is 0.491 e. The summed E-state index contributed by atoms with van der Waals surface area (Å²) in [5.41, 5.74) is 2.25. The molecule has 2 rings (SSSR count). The molecule has 0 bridgehead atoms. The fraction of sp³-hybridized carbons (Fsp3) is 0.682. The summed E-state index contributed by atoms with van der Waals surface area (Å²) < 4.78 is 17.0. The molecule has 2 N–H and O–H groups in total. The van der Waals surface area contributed by atoms with Gasteiger partial charge in [-0.3, -0.25) is 0 Å². The lowest BCUT2D eigenvalue weighted by molar-refractivity contribution is 0.110. The van der Waals surface area contributed by atoms with Gasteiger partial charge in [-0.05, 0) is 57.6 Å². The van der Waals surface area contributed by atoms with Crippen molar-refractivity contribution in [2.45, 2.75) is 46.6 Å². The van der Waals surface area contributed by atoms with Gasteiger partial charge in [0.1, 0.15) is 12.4 Å². The lowest BCUT2D eigenvalue weighted by atomic mass is 10.1. The third-order valence-electron chi connectivity index (χ3n) is 4.47. The van der Waals surface area contributed by atoms with Gasteiger partial charge >= 0.3 is 0 Å². The van der Waals surface area contributed by atoms with Gasteiger partial charge in [0.25, 0.3) is 0 Å². The van der Waals surface area contributed by atoms with Crippen LogP contribution >= 0.6 is 24.0 Å². The highest BCUT2D eigenvalue weighted by atomic mass is 127. The number of benzene rings is 1. The number of halogens is 1. The van der Waals surface area contributed by atoms with E-state index in [-0.39, 0.29) is 24.0 Å². The van der Waals surface area contributed by atoms with Crippen molar-refractivity contribution in [2.24, 2.45) is 10.9 Å². The first-order valence-electron chi connectivity index (χ1n) is 10.6. The van der Waals surface area contributed by atoms with E-state index >= 15 is 0 Å². The van der Waals surface area contributed by atoms with Crippen LogP contribution in [0.25, 0.3) is 0 Å². The summed E-state index contributed by atoms with van der Waals surface area (Å²) >= 11 is 0. The number of nitrogens with one attached hydrogen (secondary N) is 2. The molecule has 1 aromatic carbocycles. The van der Waals surface area contributed by atoms with Crippen molar-refractivity contribution < 1.29 is 14.2 Å². The van der Waals surface area contributed by atoms with Gasteiger partial charge in [-0.15, -0.1) is 24.0 Å². The molecule has 7 heteroatoms. The molecule has 0 saturated heterocycles. The Kier molecular flexibility index (Phi) is 14.1. The van der Waals surface area contributed by atoms with Crippen LogP contribution in [0.1, 0.15) is 44.2 Å². The Labute approximate surface area is 193 Å². The molecule has 29 heavy (non-hydrogen) atoms. The fourth-order valence-electron chi connectivity index (χ4n) is 2.70. The topological polar surface area (TPSA) is 64.1 Å². The standard InChI is InChI=1S/C22H37N3O3.HI/c1-4-23-22(24-11-6-12-27-17-19-8-9-19)25-16-20-10-7-18(3)15-21(20)28-14-13-26-5-2;/h7,10,15,19H,4-6,8-9,11-14,16-17H2,1-3H3,(H2,23,24,25);1H. The van der Waals surface area contributed by atoms with E-state index in [0.717, 1.165) is 55.9 Å². The van der Waals surface area contributed by atoms with Crippen molar-refractivity contribution >= 4 is 29.9 Å². The zero-order valence-electron chi connectivity index (χ0n) is 18.2. The summed E-state index contributed by atoms with van der Waals surface area (Å²) in [6.45, 7) is 12.0. The van der Waals surface area contributed by atoms with Crippen LogP contribution in [0.5, 0.6) is 5.75 Å². The second-order valence-corrected chi connectivity index (χ2v) is 7.15. The Balaban J connectivity index is 0.00000420. The highest BCUT2D eigenvalue weighted by Gasteiger charge is 2.20. The smallest absolute Gasteiger partial charge is 0.191 e. The molecule has 166 valence electrons. The molecular weight excluding hydrogens is 481 g/mol. The van der Waals surface area contributed by atoms with E-state index in [1.807, 2.05) is 6.92 Å².